The predicted octanol–water partition coefficient (Wildman–Crippen LogP) is 1.88. The van der Waals surface area contributed by atoms with Crippen LogP contribution in [0.2, 0.25) is 0 Å². The van der Waals surface area contributed by atoms with E-state index in [2.05, 4.69) is 5.32 Å². The van der Waals surface area contributed by atoms with Crippen LogP contribution in [-0.2, 0) is 21.2 Å². The molecule has 0 aromatic heterocycles. The van der Waals surface area contributed by atoms with E-state index in [1.54, 1.807) is 7.11 Å². The van der Waals surface area contributed by atoms with Crippen molar-refractivity contribution in [3.63, 3.8) is 0 Å². The van der Waals surface area contributed by atoms with Crippen molar-refractivity contribution in [1.82, 2.24) is 9.62 Å². The number of hydrogen-bond donors (Lipinski definition) is 1. The second-order valence-electron chi connectivity index (χ2n) is 6.29. The van der Waals surface area contributed by atoms with Crippen LogP contribution in [-0.4, -0.2) is 51.7 Å². The number of benzene rings is 2. The summed E-state index contributed by atoms with van der Waals surface area (Å²) in [6, 6.07) is 13.1. The van der Waals surface area contributed by atoms with Gasteiger partial charge in [0.05, 0.1) is 18.6 Å². The topological polar surface area (TPSA) is 92.8 Å². The summed E-state index contributed by atoms with van der Waals surface area (Å²) in [6.45, 7) is 1.51. The molecule has 0 aliphatic heterocycles. The number of ether oxygens (including phenoxy) is 1. The second-order valence-corrected chi connectivity index (χ2v) is 8.33. The number of hydrogen-bond acceptors (Lipinski definition) is 5. The Bertz CT molecular complexity index is 922. The number of amides is 1. The summed E-state index contributed by atoms with van der Waals surface area (Å²) in [6.07, 6.45) is 0.624. The van der Waals surface area contributed by atoms with Gasteiger partial charge in [-0.25, -0.2) is 8.42 Å². The molecule has 0 saturated heterocycles. The van der Waals surface area contributed by atoms with Gasteiger partial charge in [-0.2, -0.15) is 4.31 Å². The Kier molecular flexibility index (Phi) is 7.31. The lowest BCUT2D eigenvalue weighted by atomic mass is 10.1. The molecular weight excluding hydrogens is 380 g/mol. The minimum absolute atomic E-state index is 0.0334. The Morgan fingerprint density at radius 2 is 1.64 bits per heavy atom. The van der Waals surface area contributed by atoms with Crippen LogP contribution in [0.3, 0.4) is 0 Å². The van der Waals surface area contributed by atoms with E-state index >= 15 is 0 Å². The summed E-state index contributed by atoms with van der Waals surface area (Å²) in [5.41, 5.74) is 1.46. The number of rotatable bonds is 9. The molecule has 0 saturated carbocycles. The van der Waals surface area contributed by atoms with Crippen molar-refractivity contribution in [3.8, 4) is 5.75 Å². The van der Waals surface area contributed by atoms with E-state index in [-0.39, 0.29) is 23.1 Å². The lowest BCUT2D eigenvalue weighted by Crippen LogP contribution is -2.39. The number of ketones is 1. The maximum Gasteiger partial charge on any atom is 0.243 e. The maximum atomic E-state index is 12.6. The summed E-state index contributed by atoms with van der Waals surface area (Å²) < 4.78 is 31.2. The van der Waals surface area contributed by atoms with Gasteiger partial charge in [-0.05, 0) is 43.2 Å². The third-order valence-corrected chi connectivity index (χ3v) is 6.05. The molecule has 8 heteroatoms. The Labute approximate surface area is 165 Å². The average molecular weight is 404 g/mol. The highest BCUT2D eigenvalue weighted by atomic mass is 32.2. The number of Topliss-reactive ketones (excluding diaryl/α,β-unsaturated/α-hetero) is 1. The zero-order valence-corrected chi connectivity index (χ0v) is 17.0. The van der Waals surface area contributed by atoms with Gasteiger partial charge < -0.3 is 10.1 Å². The fourth-order valence-electron chi connectivity index (χ4n) is 2.52. The van der Waals surface area contributed by atoms with Crippen molar-refractivity contribution < 1.29 is 22.7 Å². The summed E-state index contributed by atoms with van der Waals surface area (Å²) in [5, 5.41) is 2.72. The molecule has 150 valence electrons. The highest BCUT2D eigenvalue weighted by Crippen LogP contribution is 2.15. The molecule has 0 spiro atoms. The molecule has 28 heavy (non-hydrogen) atoms. The highest BCUT2D eigenvalue weighted by Gasteiger charge is 2.23. The number of carbonyl (C=O) groups is 2. The molecule has 0 radical (unpaired) electrons. The molecule has 0 atom stereocenters. The van der Waals surface area contributed by atoms with Gasteiger partial charge >= 0.3 is 0 Å². The Balaban J connectivity index is 1.88. The number of likely N-dealkylation sites (N-methyl/N-ethyl adjacent to an activating group) is 1. The molecule has 0 aliphatic rings. The normalized spacial score (nSPS) is 11.3. The number of methoxy groups -OCH3 is 1. The molecule has 0 aliphatic carbocycles. The minimum atomic E-state index is -3.81. The first-order valence-corrected chi connectivity index (χ1v) is 10.1. The van der Waals surface area contributed by atoms with Gasteiger partial charge in [0.1, 0.15) is 5.75 Å². The van der Waals surface area contributed by atoms with Gasteiger partial charge in [-0.3, -0.25) is 9.59 Å². The summed E-state index contributed by atoms with van der Waals surface area (Å²) in [5.74, 6) is 0.226. The number of nitrogens with one attached hydrogen (secondary N) is 1. The van der Waals surface area contributed by atoms with E-state index in [0.29, 0.717) is 18.5 Å². The van der Waals surface area contributed by atoms with Gasteiger partial charge in [0.2, 0.25) is 15.9 Å². The Hall–Kier alpha value is -2.71. The van der Waals surface area contributed by atoms with E-state index in [0.717, 1.165) is 15.6 Å². The van der Waals surface area contributed by atoms with Crippen LogP contribution < -0.4 is 10.1 Å². The van der Waals surface area contributed by atoms with E-state index in [4.69, 9.17) is 4.74 Å². The molecule has 2 aromatic carbocycles. The molecule has 0 bridgehead atoms. The van der Waals surface area contributed by atoms with Crippen LogP contribution in [0.1, 0.15) is 22.8 Å². The quantitative estimate of drug-likeness (QED) is 0.644. The van der Waals surface area contributed by atoms with Gasteiger partial charge in [0.15, 0.2) is 5.78 Å². The number of sulfonamides is 1. The zero-order chi connectivity index (χ0) is 20.7. The Morgan fingerprint density at radius 1 is 1.04 bits per heavy atom. The van der Waals surface area contributed by atoms with E-state index in [1.165, 1.54) is 38.2 Å². The molecule has 7 nitrogen and oxygen atoms in total. The minimum Gasteiger partial charge on any atom is -0.497 e. The van der Waals surface area contributed by atoms with E-state index in [9.17, 15) is 18.0 Å². The summed E-state index contributed by atoms with van der Waals surface area (Å²) >= 11 is 0. The SMILES string of the molecule is COc1ccc(CCNC(=O)CN(C)S(=O)(=O)c2ccc(C(C)=O)cc2)cc1. The first-order chi connectivity index (χ1) is 13.2. The lowest BCUT2D eigenvalue weighted by Gasteiger charge is -2.17. The number of nitrogens with zero attached hydrogens (tertiary/aromatic N) is 1. The van der Waals surface area contributed by atoms with Crippen LogP contribution in [0.15, 0.2) is 53.4 Å². The van der Waals surface area contributed by atoms with Crippen LogP contribution in [0, 0.1) is 0 Å². The smallest absolute Gasteiger partial charge is 0.243 e. The van der Waals surface area contributed by atoms with Crippen molar-refractivity contribution in [2.24, 2.45) is 0 Å². The zero-order valence-electron chi connectivity index (χ0n) is 16.1. The Morgan fingerprint density at radius 3 is 2.18 bits per heavy atom. The standard InChI is InChI=1S/C20H24N2O5S/c1-15(23)17-6-10-19(11-7-17)28(25,26)22(2)14-20(24)21-13-12-16-4-8-18(27-3)9-5-16/h4-11H,12-14H2,1-3H3,(H,21,24). The maximum absolute atomic E-state index is 12.6. The third-order valence-electron chi connectivity index (χ3n) is 4.23. The van der Waals surface area contributed by atoms with Crippen molar-refractivity contribution in [2.75, 3.05) is 27.2 Å². The monoisotopic (exact) mass is 404 g/mol. The second kappa shape index (κ2) is 9.48. The lowest BCUT2D eigenvalue weighted by molar-refractivity contribution is -0.121. The van der Waals surface area contributed by atoms with Gasteiger partial charge in [0, 0.05) is 19.2 Å². The molecule has 2 aromatic rings. The van der Waals surface area contributed by atoms with E-state index in [1.807, 2.05) is 24.3 Å². The van der Waals surface area contributed by atoms with Crippen LogP contribution >= 0.6 is 0 Å². The largest absolute Gasteiger partial charge is 0.497 e. The molecular formula is C20H24N2O5S. The van der Waals surface area contributed by atoms with Crippen molar-refractivity contribution >= 4 is 21.7 Å². The first-order valence-electron chi connectivity index (χ1n) is 8.71. The van der Waals surface area contributed by atoms with Crippen molar-refractivity contribution in [2.45, 2.75) is 18.2 Å². The van der Waals surface area contributed by atoms with Crippen molar-refractivity contribution in [3.05, 3.63) is 59.7 Å². The summed E-state index contributed by atoms with van der Waals surface area (Å²) in [7, 11) is -0.875. The van der Waals surface area contributed by atoms with Crippen molar-refractivity contribution in [1.29, 1.82) is 0 Å². The van der Waals surface area contributed by atoms with Crippen LogP contribution in [0.5, 0.6) is 5.75 Å². The summed E-state index contributed by atoms with van der Waals surface area (Å²) in [4.78, 5) is 23.4. The molecule has 2 rings (SSSR count). The highest BCUT2D eigenvalue weighted by molar-refractivity contribution is 7.89. The molecule has 0 unspecified atom stereocenters. The van der Waals surface area contributed by atoms with Crippen LogP contribution in [0.25, 0.3) is 0 Å². The van der Waals surface area contributed by atoms with E-state index < -0.39 is 10.0 Å². The average Bonchev–Trinajstić information content (AvgIpc) is 2.68. The van der Waals surface area contributed by atoms with Gasteiger partial charge in [-0.1, -0.05) is 24.3 Å². The molecule has 0 heterocycles. The molecule has 0 fully saturated rings. The first kappa shape index (κ1) is 21.6. The fourth-order valence-corrected chi connectivity index (χ4v) is 3.65. The third kappa shape index (κ3) is 5.64. The molecule has 1 amide bonds. The fraction of sp³-hybridized carbons (Fsp3) is 0.300. The van der Waals surface area contributed by atoms with Gasteiger partial charge in [0.25, 0.3) is 0 Å². The molecule has 1 N–H and O–H groups in total. The van der Waals surface area contributed by atoms with Gasteiger partial charge in [-0.15, -0.1) is 0 Å². The predicted molar refractivity (Wildman–Crippen MR) is 106 cm³/mol. The number of carbonyl (C=O) groups excluding carboxylic acids is 2. The van der Waals surface area contributed by atoms with Crippen LogP contribution in [0.4, 0.5) is 0 Å².